The molecule has 1 aliphatic heterocycles. The number of rotatable bonds is 6. The van der Waals surface area contributed by atoms with Gasteiger partial charge in [0.15, 0.2) is 5.82 Å². The first-order valence-electron chi connectivity index (χ1n) is 7.91. The minimum Gasteiger partial charge on any atom is -0.378 e. The van der Waals surface area contributed by atoms with E-state index in [2.05, 4.69) is 15.4 Å². The molecule has 0 saturated carbocycles. The molecule has 1 fully saturated rings. The maximum Gasteiger partial charge on any atom is 0.254 e. The lowest BCUT2D eigenvalue weighted by Crippen LogP contribution is -2.26. The molecule has 2 aromatic rings. The number of aryl methyl sites for hydroxylation is 1. The zero-order valence-corrected chi connectivity index (χ0v) is 13.3. The molecule has 1 atom stereocenters. The van der Waals surface area contributed by atoms with Gasteiger partial charge in [0.25, 0.3) is 5.91 Å². The zero-order chi connectivity index (χ0) is 16.1. The van der Waals surface area contributed by atoms with E-state index in [1.54, 1.807) is 28.9 Å². The lowest BCUT2D eigenvalue weighted by molar-refractivity contribution is 0.0781. The minimum absolute atomic E-state index is 0.0543. The number of benzene rings is 1. The van der Waals surface area contributed by atoms with Gasteiger partial charge in [0, 0.05) is 19.2 Å². The highest BCUT2D eigenvalue weighted by atomic mass is 16.5. The van der Waals surface area contributed by atoms with Crippen LogP contribution >= 0.6 is 0 Å². The van der Waals surface area contributed by atoms with Crippen LogP contribution in [0.1, 0.15) is 35.4 Å². The van der Waals surface area contributed by atoms with Crippen LogP contribution in [0.15, 0.2) is 30.3 Å². The van der Waals surface area contributed by atoms with Crippen molar-refractivity contribution in [3.05, 3.63) is 41.7 Å². The molecule has 1 aromatic carbocycles. The van der Waals surface area contributed by atoms with E-state index in [1.807, 2.05) is 18.2 Å². The van der Waals surface area contributed by atoms with Crippen molar-refractivity contribution in [1.29, 1.82) is 0 Å². The smallest absolute Gasteiger partial charge is 0.254 e. The average molecular weight is 315 g/mol. The SMILES string of the molecule is CN(Cc1nnn(CC[C@H]2CCCO2)n1)C(=O)c1ccccc1. The molecular formula is C16H21N5O2. The zero-order valence-electron chi connectivity index (χ0n) is 13.3. The average Bonchev–Trinajstić information content (AvgIpc) is 3.24. The Morgan fingerprint density at radius 1 is 1.39 bits per heavy atom. The number of tetrazole rings is 1. The van der Waals surface area contributed by atoms with Gasteiger partial charge in [0.2, 0.25) is 0 Å². The molecule has 0 bridgehead atoms. The van der Waals surface area contributed by atoms with Gasteiger partial charge in [-0.25, -0.2) is 0 Å². The highest BCUT2D eigenvalue weighted by Gasteiger charge is 2.17. The fourth-order valence-corrected chi connectivity index (χ4v) is 2.65. The Morgan fingerprint density at radius 3 is 2.96 bits per heavy atom. The molecule has 1 amide bonds. The third kappa shape index (κ3) is 4.13. The van der Waals surface area contributed by atoms with Crippen LogP contribution in [0.3, 0.4) is 0 Å². The summed E-state index contributed by atoms with van der Waals surface area (Å²) in [6, 6.07) is 9.18. The number of amides is 1. The summed E-state index contributed by atoms with van der Waals surface area (Å²) in [6.45, 7) is 1.88. The largest absolute Gasteiger partial charge is 0.378 e. The number of ether oxygens (including phenoxy) is 1. The van der Waals surface area contributed by atoms with Gasteiger partial charge in [-0.2, -0.15) is 4.80 Å². The van der Waals surface area contributed by atoms with Crippen LogP contribution in [0.2, 0.25) is 0 Å². The third-order valence-corrected chi connectivity index (χ3v) is 3.92. The minimum atomic E-state index is -0.0543. The fraction of sp³-hybridized carbons (Fsp3) is 0.500. The summed E-state index contributed by atoms with van der Waals surface area (Å²) in [7, 11) is 1.74. The van der Waals surface area contributed by atoms with E-state index >= 15 is 0 Å². The van der Waals surface area contributed by atoms with Gasteiger partial charge >= 0.3 is 0 Å². The van der Waals surface area contributed by atoms with Crippen LogP contribution < -0.4 is 0 Å². The Bertz CT molecular complexity index is 637. The van der Waals surface area contributed by atoms with Crippen molar-refractivity contribution in [1.82, 2.24) is 25.1 Å². The van der Waals surface area contributed by atoms with Gasteiger partial charge in [-0.15, -0.1) is 10.2 Å². The highest BCUT2D eigenvalue weighted by molar-refractivity contribution is 5.93. The van der Waals surface area contributed by atoms with Crippen molar-refractivity contribution in [2.24, 2.45) is 0 Å². The summed E-state index contributed by atoms with van der Waals surface area (Å²) in [5.74, 6) is 0.491. The van der Waals surface area contributed by atoms with E-state index in [4.69, 9.17) is 4.74 Å². The highest BCUT2D eigenvalue weighted by Crippen LogP contribution is 2.15. The van der Waals surface area contributed by atoms with Crippen molar-refractivity contribution in [2.45, 2.75) is 38.5 Å². The van der Waals surface area contributed by atoms with Gasteiger partial charge in [0.1, 0.15) is 0 Å². The fourth-order valence-electron chi connectivity index (χ4n) is 2.65. The quantitative estimate of drug-likeness (QED) is 0.808. The summed E-state index contributed by atoms with van der Waals surface area (Å²) in [4.78, 5) is 15.5. The van der Waals surface area contributed by atoms with E-state index in [-0.39, 0.29) is 5.91 Å². The Hall–Kier alpha value is -2.28. The van der Waals surface area contributed by atoms with Gasteiger partial charge in [-0.3, -0.25) is 4.79 Å². The number of aromatic nitrogens is 4. The molecule has 1 aromatic heterocycles. The molecule has 7 nitrogen and oxygen atoms in total. The number of hydrogen-bond donors (Lipinski definition) is 0. The lowest BCUT2D eigenvalue weighted by atomic mass is 10.2. The van der Waals surface area contributed by atoms with Crippen molar-refractivity contribution >= 4 is 5.91 Å². The molecule has 0 radical (unpaired) electrons. The van der Waals surface area contributed by atoms with E-state index < -0.39 is 0 Å². The summed E-state index contributed by atoms with van der Waals surface area (Å²) >= 11 is 0. The predicted octanol–water partition coefficient (Wildman–Crippen LogP) is 1.51. The van der Waals surface area contributed by atoms with Crippen molar-refractivity contribution < 1.29 is 9.53 Å². The molecule has 0 spiro atoms. The number of carbonyl (C=O) groups is 1. The van der Waals surface area contributed by atoms with Crippen molar-refractivity contribution in [3.8, 4) is 0 Å². The number of hydrogen-bond acceptors (Lipinski definition) is 5. The molecule has 23 heavy (non-hydrogen) atoms. The number of carbonyl (C=O) groups excluding carboxylic acids is 1. The molecule has 1 aliphatic rings. The summed E-state index contributed by atoms with van der Waals surface area (Å²) in [5, 5.41) is 12.4. The molecule has 0 N–H and O–H groups in total. The van der Waals surface area contributed by atoms with Crippen LogP contribution in [0.4, 0.5) is 0 Å². The second-order valence-electron chi connectivity index (χ2n) is 5.75. The molecule has 0 unspecified atom stereocenters. The summed E-state index contributed by atoms with van der Waals surface area (Å²) in [5.41, 5.74) is 0.653. The van der Waals surface area contributed by atoms with E-state index in [1.165, 1.54) is 0 Å². The molecule has 122 valence electrons. The molecular weight excluding hydrogens is 294 g/mol. The maximum atomic E-state index is 12.3. The van der Waals surface area contributed by atoms with E-state index in [0.717, 1.165) is 25.9 Å². The second kappa shape index (κ2) is 7.32. The Balaban J connectivity index is 1.52. The first-order valence-corrected chi connectivity index (χ1v) is 7.91. The molecule has 1 saturated heterocycles. The van der Waals surface area contributed by atoms with Crippen LogP contribution in [0.5, 0.6) is 0 Å². The van der Waals surface area contributed by atoms with Crippen molar-refractivity contribution in [3.63, 3.8) is 0 Å². The molecule has 7 heteroatoms. The first-order chi connectivity index (χ1) is 11.2. The van der Waals surface area contributed by atoms with Crippen LogP contribution in [0.25, 0.3) is 0 Å². The normalized spacial score (nSPS) is 17.3. The van der Waals surface area contributed by atoms with Crippen LogP contribution in [-0.2, 0) is 17.8 Å². The van der Waals surface area contributed by atoms with E-state index in [0.29, 0.717) is 30.6 Å². The topological polar surface area (TPSA) is 73.1 Å². The molecule has 2 heterocycles. The van der Waals surface area contributed by atoms with Crippen LogP contribution in [-0.4, -0.2) is 50.8 Å². The van der Waals surface area contributed by atoms with Gasteiger partial charge in [0.05, 0.1) is 19.2 Å². The second-order valence-corrected chi connectivity index (χ2v) is 5.75. The molecule has 0 aliphatic carbocycles. The Labute approximate surface area is 135 Å². The Kier molecular flexibility index (Phi) is 4.97. The molecule has 3 rings (SSSR count). The van der Waals surface area contributed by atoms with Crippen molar-refractivity contribution in [2.75, 3.05) is 13.7 Å². The monoisotopic (exact) mass is 315 g/mol. The number of nitrogens with zero attached hydrogens (tertiary/aromatic N) is 5. The van der Waals surface area contributed by atoms with Crippen LogP contribution in [0, 0.1) is 0 Å². The summed E-state index contributed by atoms with van der Waals surface area (Å²) < 4.78 is 5.58. The predicted molar refractivity (Wildman–Crippen MR) is 83.6 cm³/mol. The summed E-state index contributed by atoms with van der Waals surface area (Å²) in [6.07, 6.45) is 3.45. The van der Waals surface area contributed by atoms with E-state index in [9.17, 15) is 4.79 Å². The standard InChI is InChI=1S/C16H21N5O2/c1-20(16(22)13-6-3-2-4-7-13)12-15-17-19-21(18-15)10-9-14-8-5-11-23-14/h2-4,6-7,14H,5,8-12H2,1H3/t14-/m1/s1. The van der Waals surface area contributed by atoms with Gasteiger partial charge < -0.3 is 9.64 Å². The lowest BCUT2D eigenvalue weighted by Gasteiger charge is -2.14. The van der Waals surface area contributed by atoms with Gasteiger partial charge in [-0.05, 0) is 36.6 Å². The Morgan fingerprint density at radius 2 is 2.22 bits per heavy atom. The van der Waals surface area contributed by atoms with Gasteiger partial charge in [-0.1, -0.05) is 18.2 Å². The maximum absolute atomic E-state index is 12.3. The first kappa shape index (κ1) is 15.6. The third-order valence-electron chi connectivity index (χ3n) is 3.92.